The summed E-state index contributed by atoms with van der Waals surface area (Å²) < 4.78 is 5.53. The van der Waals surface area contributed by atoms with E-state index in [2.05, 4.69) is 44.3 Å². The summed E-state index contributed by atoms with van der Waals surface area (Å²) in [6.45, 7) is 8.28. The molecule has 0 aromatic heterocycles. The first-order chi connectivity index (χ1) is 11.0. The third-order valence-corrected chi connectivity index (χ3v) is 4.11. The van der Waals surface area contributed by atoms with Crippen LogP contribution in [0.4, 0.5) is 0 Å². The van der Waals surface area contributed by atoms with Crippen LogP contribution in [-0.4, -0.2) is 12.5 Å². The fraction of sp³-hybridized carbons (Fsp3) is 0.350. The predicted molar refractivity (Wildman–Crippen MR) is 93.8 cm³/mol. The van der Waals surface area contributed by atoms with E-state index >= 15 is 0 Å². The van der Waals surface area contributed by atoms with Crippen LogP contribution < -0.4 is 10.1 Å². The van der Waals surface area contributed by atoms with Crippen molar-refractivity contribution in [2.24, 2.45) is 0 Å². The number of aryl methyl sites for hydroxylation is 3. The van der Waals surface area contributed by atoms with E-state index in [0.29, 0.717) is 0 Å². The number of nitrogens with one attached hydrogen (secondary N) is 1. The standard InChI is InChI=1S/C20H25NO2/c1-5-17-7-10-19(11-8-17)23-13-20(22)21-16(4)18-9-6-14(2)15(3)12-18/h6-12,16H,5,13H2,1-4H3,(H,21,22). The van der Waals surface area contributed by atoms with Crippen LogP contribution in [0.25, 0.3) is 0 Å². The smallest absolute Gasteiger partial charge is 0.258 e. The minimum absolute atomic E-state index is 0.0284. The second-order valence-corrected chi connectivity index (χ2v) is 5.92. The average molecular weight is 311 g/mol. The fourth-order valence-corrected chi connectivity index (χ4v) is 2.37. The van der Waals surface area contributed by atoms with Gasteiger partial charge in [0.05, 0.1) is 6.04 Å². The minimum atomic E-state index is -0.115. The first-order valence-corrected chi connectivity index (χ1v) is 8.08. The molecule has 0 fully saturated rings. The maximum Gasteiger partial charge on any atom is 0.258 e. The molecule has 1 amide bonds. The molecular formula is C20H25NO2. The van der Waals surface area contributed by atoms with Gasteiger partial charge in [0.25, 0.3) is 5.91 Å². The maximum atomic E-state index is 12.0. The molecule has 3 nitrogen and oxygen atoms in total. The van der Waals surface area contributed by atoms with E-state index in [1.165, 1.54) is 16.7 Å². The zero-order valence-corrected chi connectivity index (χ0v) is 14.3. The molecule has 0 aliphatic heterocycles. The molecule has 2 rings (SSSR count). The maximum absolute atomic E-state index is 12.0. The van der Waals surface area contributed by atoms with Gasteiger partial charge in [0.15, 0.2) is 6.61 Å². The molecule has 0 saturated heterocycles. The van der Waals surface area contributed by atoms with Gasteiger partial charge >= 0.3 is 0 Å². The molecule has 0 bridgehead atoms. The van der Waals surface area contributed by atoms with Gasteiger partial charge in [0.2, 0.25) is 0 Å². The molecule has 2 aromatic carbocycles. The van der Waals surface area contributed by atoms with Gasteiger partial charge < -0.3 is 10.1 Å². The molecule has 2 aromatic rings. The zero-order chi connectivity index (χ0) is 16.8. The van der Waals surface area contributed by atoms with E-state index in [1.807, 2.05) is 31.2 Å². The van der Waals surface area contributed by atoms with Crippen molar-refractivity contribution in [2.45, 2.75) is 40.2 Å². The van der Waals surface area contributed by atoms with E-state index in [1.54, 1.807) is 0 Å². The number of ether oxygens (including phenoxy) is 1. The molecule has 0 spiro atoms. The largest absolute Gasteiger partial charge is 0.484 e. The highest BCUT2D eigenvalue weighted by Crippen LogP contribution is 2.17. The van der Waals surface area contributed by atoms with Crippen LogP contribution in [0.2, 0.25) is 0 Å². The molecule has 1 unspecified atom stereocenters. The van der Waals surface area contributed by atoms with Gasteiger partial charge in [-0.1, -0.05) is 37.3 Å². The Kier molecular flexibility index (Phi) is 5.80. The van der Waals surface area contributed by atoms with Crippen LogP contribution in [0.1, 0.15) is 42.1 Å². The highest BCUT2D eigenvalue weighted by Gasteiger charge is 2.10. The van der Waals surface area contributed by atoms with Crippen molar-refractivity contribution in [3.05, 3.63) is 64.7 Å². The van der Waals surface area contributed by atoms with Crippen LogP contribution >= 0.6 is 0 Å². The number of carbonyl (C=O) groups is 1. The Bertz CT molecular complexity index is 662. The first kappa shape index (κ1) is 17.1. The third-order valence-electron chi connectivity index (χ3n) is 4.11. The molecule has 3 heteroatoms. The SMILES string of the molecule is CCc1ccc(OCC(=O)NC(C)c2ccc(C)c(C)c2)cc1. The number of hydrogen-bond acceptors (Lipinski definition) is 2. The van der Waals surface area contributed by atoms with Crippen LogP contribution in [0, 0.1) is 13.8 Å². The van der Waals surface area contributed by atoms with Crippen molar-refractivity contribution >= 4 is 5.91 Å². The summed E-state index contributed by atoms with van der Waals surface area (Å²) in [4.78, 5) is 12.0. The quantitative estimate of drug-likeness (QED) is 0.871. The summed E-state index contributed by atoms with van der Waals surface area (Å²) in [5.41, 5.74) is 4.85. The Labute approximate surface area is 138 Å². The summed E-state index contributed by atoms with van der Waals surface area (Å²) in [5, 5.41) is 2.97. The van der Waals surface area contributed by atoms with Gasteiger partial charge in [-0.25, -0.2) is 0 Å². The fourth-order valence-electron chi connectivity index (χ4n) is 2.37. The van der Waals surface area contributed by atoms with E-state index in [9.17, 15) is 4.79 Å². The van der Waals surface area contributed by atoms with Gasteiger partial charge in [-0.05, 0) is 61.6 Å². The van der Waals surface area contributed by atoms with Crippen molar-refractivity contribution in [3.63, 3.8) is 0 Å². The number of rotatable bonds is 6. The van der Waals surface area contributed by atoms with Crippen molar-refractivity contribution in [1.29, 1.82) is 0 Å². The van der Waals surface area contributed by atoms with Crippen molar-refractivity contribution in [1.82, 2.24) is 5.32 Å². The van der Waals surface area contributed by atoms with Gasteiger partial charge in [0.1, 0.15) is 5.75 Å². The second-order valence-electron chi connectivity index (χ2n) is 5.92. The van der Waals surface area contributed by atoms with E-state index < -0.39 is 0 Å². The number of amides is 1. The molecule has 122 valence electrons. The first-order valence-electron chi connectivity index (χ1n) is 8.08. The molecule has 0 heterocycles. The lowest BCUT2D eigenvalue weighted by atomic mass is 10.0. The molecule has 0 saturated carbocycles. The monoisotopic (exact) mass is 311 g/mol. The highest BCUT2D eigenvalue weighted by atomic mass is 16.5. The Morgan fingerprint density at radius 2 is 1.78 bits per heavy atom. The Morgan fingerprint density at radius 1 is 1.09 bits per heavy atom. The van der Waals surface area contributed by atoms with Crippen LogP contribution in [0.3, 0.4) is 0 Å². The topological polar surface area (TPSA) is 38.3 Å². The number of carbonyl (C=O) groups excluding carboxylic acids is 1. The summed E-state index contributed by atoms with van der Waals surface area (Å²) in [6.07, 6.45) is 0.994. The Morgan fingerprint density at radius 3 is 2.39 bits per heavy atom. The lowest BCUT2D eigenvalue weighted by molar-refractivity contribution is -0.123. The summed E-state index contributed by atoms with van der Waals surface area (Å²) in [5.74, 6) is 0.603. The van der Waals surface area contributed by atoms with Crippen molar-refractivity contribution in [2.75, 3.05) is 6.61 Å². The second kappa shape index (κ2) is 7.82. The Balaban J connectivity index is 1.86. The van der Waals surface area contributed by atoms with Gasteiger partial charge in [0, 0.05) is 0 Å². The summed E-state index contributed by atoms with van der Waals surface area (Å²) >= 11 is 0. The number of hydrogen-bond donors (Lipinski definition) is 1. The van der Waals surface area contributed by atoms with Gasteiger partial charge in [-0.3, -0.25) is 4.79 Å². The van der Waals surface area contributed by atoms with Gasteiger partial charge in [-0.15, -0.1) is 0 Å². The summed E-state index contributed by atoms with van der Waals surface area (Å²) in [6, 6.07) is 14.1. The van der Waals surface area contributed by atoms with Crippen molar-refractivity contribution in [3.8, 4) is 5.75 Å². The molecule has 23 heavy (non-hydrogen) atoms. The van der Waals surface area contributed by atoms with E-state index in [-0.39, 0.29) is 18.6 Å². The minimum Gasteiger partial charge on any atom is -0.484 e. The molecule has 0 aliphatic carbocycles. The summed E-state index contributed by atoms with van der Waals surface area (Å²) in [7, 11) is 0. The lowest BCUT2D eigenvalue weighted by Crippen LogP contribution is -2.31. The molecule has 0 aliphatic rings. The van der Waals surface area contributed by atoms with Crippen LogP contribution in [0.15, 0.2) is 42.5 Å². The van der Waals surface area contributed by atoms with Crippen LogP contribution in [0.5, 0.6) is 5.75 Å². The molecule has 1 N–H and O–H groups in total. The average Bonchev–Trinajstić information content (AvgIpc) is 2.55. The highest BCUT2D eigenvalue weighted by molar-refractivity contribution is 5.78. The molecule has 0 radical (unpaired) electrons. The predicted octanol–water partition coefficient (Wildman–Crippen LogP) is 4.12. The number of benzene rings is 2. The third kappa shape index (κ3) is 4.85. The van der Waals surface area contributed by atoms with E-state index in [4.69, 9.17) is 4.74 Å². The molecule has 1 atom stereocenters. The Hall–Kier alpha value is -2.29. The van der Waals surface area contributed by atoms with Gasteiger partial charge in [-0.2, -0.15) is 0 Å². The van der Waals surface area contributed by atoms with Crippen LogP contribution in [-0.2, 0) is 11.2 Å². The van der Waals surface area contributed by atoms with Crippen molar-refractivity contribution < 1.29 is 9.53 Å². The lowest BCUT2D eigenvalue weighted by Gasteiger charge is -2.16. The normalized spacial score (nSPS) is 11.8. The van der Waals surface area contributed by atoms with E-state index in [0.717, 1.165) is 17.7 Å². The zero-order valence-electron chi connectivity index (χ0n) is 14.3. The molecular weight excluding hydrogens is 286 g/mol.